The molecule has 0 fully saturated rings. The van der Waals surface area contributed by atoms with E-state index >= 15 is 0 Å². The van der Waals surface area contributed by atoms with E-state index in [0.717, 1.165) is 12.1 Å². The van der Waals surface area contributed by atoms with Crippen molar-refractivity contribution in [1.29, 1.82) is 0 Å². The van der Waals surface area contributed by atoms with Crippen LogP contribution in [0.4, 0.5) is 26.3 Å². The van der Waals surface area contributed by atoms with Gasteiger partial charge in [0.2, 0.25) is 0 Å². The van der Waals surface area contributed by atoms with Gasteiger partial charge in [-0.2, -0.15) is 26.3 Å². The van der Waals surface area contributed by atoms with Crippen molar-refractivity contribution in [3.05, 3.63) is 83.4 Å². The number of benzene rings is 3. The van der Waals surface area contributed by atoms with Crippen molar-refractivity contribution < 1.29 is 31.4 Å². The summed E-state index contributed by atoms with van der Waals surface area (Å²) in [6.45, 7) is -0.718. The van der Waals surface area contributed by atoms with Gasteiger partial charge in [0.1, 0.15) is 0 Å². The third kappa shape index (κ3) is 3.75. The second-order valence-electron chi connectivity index (χ2n) is 6.08. The van der Waals surface area contributed by atoms with Crippen LogP contribution >= 0.6 is 0 Å². The quantitative estimate of drug-likeness (QED) is 0.498. The molecule has 1 N–H and O–H groups in total. The fourth-order valence-electron chi connectivity index (χ4n) is 3.19. The average molecular weight is 396 g/mol. The average Bonchev–Trinajstić information content (AvgIpc) is 2.66. The molecular weight excluding hydrogens is 382 g/mol. The Kier molecular flexibility index (Phi) is 5.21. The summed E-state index contributed by atoms with van der Waals surface area (Å²) < 4.78 is 80.4. The zero-order chi connectivity index (χ0) is 20.5. The number of alkyl halides is 6. The van der Waals surface area contributed by atoms with Crippen LogP contribution in [0.5, 0.6) is 0 Å². The van der Waals surface area contributed by atoms with Crippen LogP contribution in [-0.2, 0) is 19.0 Å². The van der Waals surface area contributed by atoms with E-state index < -0.39 is 30.1 Å². The van der Waals surface area contributed by atoms with Crippen LogP contribution in [0, 0.1) is 0 Å². The summed E-state index contributed by atoms with van der Waals surface area (Å²) in [6.07, 6.45) is -9.30. The molecule has 3 aromatic rings. The number of rotatable bonds is 3. The Hall–Kier alpha value is -2.80. The number of aliphatic hydroxyl groups excluding tert-OH is 1. The fourth-order valence-corrected chi connectivity index (χ4v) is 3.19. The third-order valence-electron chi connectivity index (χ3n) is 4.38. The molecule has 0 radical (unpaired) electrons. The van der Waals surface area contributed by atoms with Gasteiger partial charge < -0.3 is 5.11 Å². The maximum Gasteiger partial charge on any atom is 0.417 e. The molecule has 0 saturated heterocycles. The van der Waals surface area contributed by atoms with Crippen LogP contribution in [-0.4, -0.2) is 5.11 Å². The molecule has 0 aliphatic heterocycles. The molecule has 0 heterocycles. The van der Waals surface area contributed by atoms with E-state index in [1.807, 2.05) is 0 Å². The smallest absolute Gasteiger partial charge is 0.392 e. The first-order chi connectivity index (χ1) is 13.1. The van der Waals surface area contributed by atoms with Crippen molar-refractivity contribution in [2.45, 2.75) is 19.0 Å². The Balaban J connectivity index is 2.30. The molecule has 0 spiro atoms. The summed E-state index contributed by atoms with van der Waals surface area (Å²) in [5, 5.41) is 9.85. The molecule has 3 aromatic carbocycles. The third-order valence-corrected chi connectivity index (χ3v) is 4.38. The lowest BCUT2D eigenvalue weighted by Gasteiger charge is -2.19. The summed E-state index contributed by atoms with van der Waals surface area (Å²) in [6, 6.07) is 13.6. The van der Waals surface area contributed by atoms with Gasteiger partial charge in [-0.15, -0.1) is 0 Å². The van der Waals surface area contributed by atoms with Gasteiger partial charge in [0.15, 0.2) is 0 Å². The highest BCUT2D eigenvalue weighted by atomic mass is 19.4. The lowest BCUT2D eigenvalue weighted by Crippen LogP contribution is -2.09. The van der Waals surface area contributed by atoms with Gasteiger partial charge in [0, 0.05) is 0 Å². The van der Waals surface area contributed by atoms with Crippen molar-refractivity contribution in [3.63, 3.8) is 0 Å². The van der Waals surface area contributed by atoms with Gasteiger partial charge in [-0.25, -0.2) is 0 Å². The summed E-state index contributed by atoms with van der Waals surface area (Å²) in [7, 11) is 0. The maximum absolute atomic E-state index is 13.4. The summed E-state index contributed by atoms with van der Waals surface area (Å²) in [4.78, 5) is 0. The molecule has 146 valence electrons. The van der Waals surface area contributed by atoms with E-state index in [1.165, 1.54) is 54.6 Å². The Morgan fingerprint density at radius 3 is 1.25 bits per heavy atom. The highest BCUT2D eigenvalue weighted by molar-refractivity contribution is 5.81. The molecule has 0 atom stereocenters. The van der Waals surface area contributed by atoms with Crippen molar-refractivity contribution in [2.75, 3.05) is 0 Å². The van der Waals surface area contributed by atoms with Crippen LogP contribution in [0.25, 0.3) is 22.3 Å². The van der Waals surface area contributed by atoms with E-state index in [-0.39, 0.29) is 27.8 Å². The van der Waals surface area contributed by atoms with E-state index in [2.05, 4.69) is 0 Å². The van der Waals surface area contributed by atoms with Gasteiger partial charge in [0.25, 0.3) is 0 Å². The number of halogens is 6. The monoisotopic (exact) mass is 396 g/mol. The Morgan fingerprint density at radius 1 is 0.536 bits per heavy atom. The van der Waals surface area contributed by atoms with Crippen LogP contribution in [0.2, 0.25) is 0 Å². The summed E-state index contributed by atoms with van der Waals surface area (Å²) in [5.74, 6) is 0. The van der Waals surface area contributed by atoms with Crippen molar-refractivity contribution in [2.24, 2.45) is 0 Å². The number of aliphatic hydroxyl groups is 1. The Bertz CT molecular complexity index is 913. The first kappa shape index (κ1) is 19.9. The molecule has 0 aromatic heterocycles. The molecule has 28 heavy (non-hydrogen) atoms. The first-order valence-corrected chi connectivity index (χ1v) is 8.20. The largest absolute Gasteiger partial charge is 0.417 e. The molecule has 0 amide bonds. The minimum absolute atomic E-state index is 0.00380. The van der Waals surface area contributed by atoms with Crippen LogP contribution < -0.4 is 0 Å². The minimum Gasteiger partial charge on any atom is -0.392 e. The molecule has 1 nitrogen and oxygen atoms in total. The van der Waals surface area contributed by atoms with Crippen LogP contribution in [0.15, 0.2) is 66.7 Å². The van der Waals surface area contributed by atoms with E-state index in [4.69, 9.17) is 0 Å². The fraction of sp³-hybridized carbons (Fsp3) is 0.143. The Labute approximate surface area is 156 Å². The predicted octanol–water partition coefficient (Wildman–Crippen LogP) is 6.55. The molecule has 0 aliphatic rings. The highest BCUT2D eigenvalue weighted by Crippen LogP contribution is 2.43. The number of hydrogen-bond donors (Lipinski definition) is 1. The highest BCUT2D eigenvalue weighted by Gasteiger charge is 2.35. The SMILES string of the molecule is OCc1c(-c2ccccc2C(F)(F)F)cccc1-c1ccccc1C(F)(F)F. The van der Waals surface area contributed by atoms with Crippen LogP contribution in [0.3, 0.4) is 0 Å². The zero-order valence-electron chi connectivity index (χ0n) is 14.3. The first-order valence-electron chi connectivity index (χ1n) is 8.20. The van der Waals surface area contributed by atoms with E-state index in [0.29, 0.717) is 0 Å². The maximum atomic E-state index is 13.4. The zero-order valence-corrected chi connectivity index (χ0v) is 14.3. The Morgan fingerprint density at radius 2 is 0.893 bits per heavy atom. The second kappa shape index (κ2) is 7.31. The molecule has 0 bridgehead atoms. The van der Waals surface area contributed by atoms with E-state index in [9.17, 15) is 31.4 Å². The van der Waals surface area contributed by atoms with Crippen molar-refractivity contribution in [1.82, 2.24) is 0 Å². The number of hydrogen-bond acceptors (Lipinski definition) is 1. The minimum atomic E-state index is -4.65. The topological polar surface area (TPSA) is 20.2 Å². The standard InChI is InChI=1S/C21H14F6O/c22-20(23,24)18-10-3-1-6-15(18)13-8-5-9-14(17(13)12-28)16-7-2-4-11-19(16)21(25,26)27/h1-11,28H,12H2. The van der Waals surface area contributed by atoms with Gasteiger partial charge in [0.05, 0.1) is 17.7 Å². The molecule has 3 rings (SSSR count). The summed E-state index contributed by atoms with van der Waals surface area (Å²) >= 11 is 0. The van der Waals surface area contributed by atoms with E-state index in [1.54, 1.807) is 0 Å². The van der Waals surface area contributed by atoms with Gasteiger partial charge in [-0.3, -0.25) is 0 Å². The molecular formula is C21H14F6O. The second-order valence-corrected chi connectivity index (χ2v) is 6.08. The van der Waals surface area contributed by atoms with Gasteiger partial charge in [-0.1, -0.05) is 54.6 Å². The lowest BCUT2D eigenvalue weighted by atomic mass is 9.88. The van der Waals surface area contributed by atoms with Crippen molar-refractivity contribution in [3.8, 4) is 22.3 Å². The molecule has 7 heteroatoms. The normalized spacial score (nSPS) is 12.2. The van der Waals surface area contributed by atoms with Gasteiger partial charge in [-0.05, 0) is 39.9 Å². The molecule has 0 unspecified atom stereocenters. The lowest BCUT2D eigenvalue weighted by molar-refractivity contribution is -0.137. The van der Waals surface area contributed by atoms with Crippen LogP contribution in [0.1, 0.15) is 16.7 Å². The van der Waals surface area contributed by atoms with Crippen molar-refractivity contribution >= 4 is 0 Å². The summed E-state index contributed by atoms with van der Waals surface area (Å²) in [5.41, 5.74) is -2.20. The molecule has 0 aliphatic carbocycles. The predicted molar refractivity (Wildman–Crippen MR) is 93.2 cm³/mol. The molecule has 0 saturated carbocycles. The van der Waals surface area contributed by atoms with Gasteiger partial charge >= 0.3 is 12.4 Å².